The van der Waals surface area contributed by atoms with Crippen molar-refractivity contribution in [3.63, 3.8) is 0 Å². The molecule has 2 amide bonds. The average molecular weight is 391 g/mol. The number of hydrogen-bond acceptors (Lipinski definition) is 6. The molecule has 0 saturated carbocycles. The number of rotatable bonds is 6. The fourth-order valence-corrected chi connectivity index (χ4v) is 3.73. The lowest BCUT2D eigenvalue weighted by Gasteiger charge is -2.18. The maximum absolute atomic E-state index is 12.7. The second-order valence-corrected chi connectivity index (χ2v) is 7.58. The molecule has 7 heteroatoms. The van der Waals surface area contributed by atoms with Gasteiger partial charge >= 0.3 is 5.97 Å². The molecule has 1 atom stereocenters. The quantitative estimate of drug-likeness (QED) is 0.537. The number of amides is 2. The lowest BCUT2D eigenvalue weighted by atomic mass is 9.96. The summed E-state index contributed by atoms with van der Waals surface area (Å²) in [6, 6.07) is 2.98. The van der Waals surface area contributed by atoms with E-state index in [4.69, 9.17) is 4.74 Å². The molecule has 146 valence electrons. The third-order valence-corrected chi connectivity index (χ3v) is 5.24. The van der Waals surface area contributed by atoms with Crippen LogP contribution >= 0.6 is 11.8 Å². The van der Waals surface area contributed by atoms with Crippen molar-refractivity contribution in [3.05, 3.63) is 33.7 Å². The number of methoxy groups -OCH3 is 1. The van der Waals surface area contributed by atoms with E-state index in [0.29, 0.717) is 6.61 Å². The Kier molecular flexibility index (Phi) is 6.70. The predicted molar refractivity (Wildman–Crippen MR) is 106 cm³/mol. The Hall–Kier alpha value is -2.28. The molecule has 1 fully saturated rings. The Morgan fingerprint density at radius 2 is 1.93 bits per heavy atom. The number of carbonyl (C=O) groups excluding carboxylic acids is 3. The van der Waals surface area contributed by atoms with Gasteiger partial charge in [-0.15, -0.1) is 0 Å². The van der Waals surface area contributed by atoms with E-state index in [9.17, 15) is 14.4 Å². The Bertz CT molecular complexity index is 800. The first-order valence-corrected chi connectivity index (χ1v) is 9.65. The number of benzene rings is 1. The number of ether oxygens (including phenoxy) is 2. The van der Waals surface area contributed by atoms with Crippen molar-refractivity contribution in [2.75, 3.05) is 13.7 Å². The molecule has 1 heterocycles. The van der Waals surface area contributed by atoms with Crippen LogP contribution in [0.1, 0.15) is 50.3 Å². The molecule has 6 nitrogen and oxygen atoms in total. The van der Waals surface area contributed by atoms with Gasteiger partial charge in [-0.3, -0.25) is 14.5 Å². The normalized spacial score (nSPS) is 17.0. The fourth-order valence-electron chi connectivity index (χ4n) is 2.83. The molecular weight excluding hydrogens is 366 g/mol. The predicted octanol–water partition coefficient (Wildman–Crippen LogP) is 4.11. The highest BCUT2D eigenvalue weighted by Gasteiger charge is 2.41. The summed E-state index contributed by atoms with van der Waals surface area (Å²) in [7, 11) is 1.23. The summed E-state index contributed by atoms with van der Waals surface area (Å²) in [5.41, 5.74) is 2.82. The maximum Gasteiger partial charge on any atom is 0.328 e. The van der Waals surface area contributed by atoms with Crippen LogP contribution in [-0.2, 0) is 14.3 Å². The number of hydrogen-bond donors (Lipinski definition) is 0. The maximum atomic E-state index is 12.7. The van der Waals surface area contributed by atoms with Gasteiger partial charge in [-0.05, 0) is 73.4 Å². The second kappa shape index (κ2) is 8.61. The molecule has 0 N–H and O–H groups in total. The van der Waals surface area contributed by atoms with Crippen LogP contribution in [0, 0.1) is 6.92 Å². The molecule has 1 saturated heterocycles. The Morgan fingerprint density at radius 1 is 1.26 bits per heavy atom. The molecule has 27 heavy (non-hydrogen) atoms. The highest BCUT2D eigenvalue weighted by Crippen LogP contribution is 2.36. The van der Waals surface area contributed by atoms with Gasteiger partial charge in [-0.2, -0.15) is 0 Å². The van der Waals surface area contributed by atoms with E-state index in [-0.39, 0.29) is 10.8 Å². The van der Waals surface area contributed by atoms with Crippen LogP contribution in [0.4, 0.5) is 4.79 Å². The molecule has 1 aliphatic heterocycles. The highest BCUT2D eigenvalue weighted by molar-refractivity contribution is 8.18. The number of carbonyl (C=O) groups is 3. The van der Waals surface area contributed by atoms with Crippen LogP contribution in [0.5, 0.6) is 5.75 Å². The molecule has 1 aliphatic rings. The zero-order chi connectivity index (χ0) is 20.3. The van der Waals surface area contributed by atoms with Crippen LogP contribution in [0.2, 0.25) is 0 Å². The first kappa shape index (κ1) is 21.0. The average Bonchev–Trinajstić information content (AvgIpc) is 2.89. The Labute approximate surface area is 163 Å². The lowest BCUT2D eigenvalue weighted by molar-refractivity contribution is -0.148. The third-order valence-electron chi connectivity index (χ3n) is 4.36. The van der Waals surface area contributed by atoms with Gasteiger partial charge in [0.15, 0.2) is 0 Å². The summed E-state index contributed by atoms with van der Waals surface area (Å²) in [4.78, 5) is 37.9. The smallest absolute Gasteiger partial charge is 0.328 e. The molecule has 0 unspecified atom stereocenters. The zero-order valence-electron chi connectivity index (χ0n) is 16.5. The van der Waals surface area contributed by atoms with E-state index in [0.717, 1.165) is 39.1 Å². The van der Waals surface area contributed by atoms with E-state index >= 15 is 0 Å². The fraction of sp³-hybridized carbons (Fsp3) is 0.450. The minimum atomic E-state index is -0.957. The molecule has 0 spiro atoms. The standard InChI is InChI=1S/C20H25NO5S/c1-7-26-16-8-12(4)14(9-15(16)11(2)3)10-17-18(22)21(20(24)27-17)13(5)19(23)25-6/h8-11,13H,7H2,1-6H3/b17-10+/t13-/m0/s1. The third kappa shape index (κ3) is 4.35. The van der Waals surface area contributed by atoms with E-state index in [1.807, 2.05) is 26.0 Å². The van der Waals surface area contributed by atoms with Crippen molar-refractivity contribution in [2.45, 2.75) is 46.6 Å². The van der Waals surface area contributed by atoms with Gasteiger partial charge in [0.2, 0.25) is 0 Å². The number of esters is 1. The van der Waals surface area contributed by atoms with Crippen LogP contribution in [0.15, 0.2) is 17.0 Å². The molecule has 0 aromatic heterocycles. The zero-order valence-corrected chi connectivity index (χ0v) is 17.3. The molecule has 1 aromatic carbocycles. The summed E-state index contributed by atoms with van der Waals surface area (Å²) in [6.45, 7) is 10.1. The summed E-state index contributed by atoms with van der Waals surface area (Å²) < 4.78 is 10.4. The number of aryl methyl sites for hydroxylation is 1. The van der Waals surface area contributed by atoms with Gasteiger partial charge < -0.3 is 9.47 Å². The Morgan fingerprint density at radius 3 is 2.48 bits per heavy atom. The van der Waals surface area contributed by atoms with Gasteiger partial charge in [0.25, 0.3) is 11.1 Å². The number of thioether (sulfide) groups is 1. The van der Waals surface area contributed by atoms with Crippen molar-refractivity contribution in [2.24, 2.45) is 0 Å². The molecular formula is C20H25NO5S. The van der Waals surface area contributed by atoms with Crippen molar-refractivity contribution in [1.82, 2.24) is 4.90 Å². The van der Waals surface area contributed by atoms with Crippen LogP contribution in [0.25, 0.3) is 6.08 Å². The van der Waals surface area contributed by atoms with Crippen LogP contribution in [0.3, 0.4) is 0 Å². The molecule has 1 aromatic rings. The van der Waals surface area contributed by atoms with E-state index in [1.54, 1.807) is 6.08 Å². The molecule has 0 aliphatic carbocycles. The van der Waals surface area contributed by atoms with Crippen LogP contribution < -0.4 is 4.74 Å². The number of imide groups is 1. The monoisotopic (exact) mass is 391 g/mol. The molecule has 0 radical (unpaired) electrons. The van der Waals surface area contributed by atoms with Gasteiger partial charge in [0.05, 0.1) is 18.6 Å². The minimum absolute atomic E-state index is 0.244. The summed E-state index contributed by atoms with van der Waals surface area (Å²) in [5.74, 6) is -0.0385. The molecule has 2 rings (SSSR count). The largest absolute Gasteiger partial charge is 0.494 e. The van der Waals surface area contributed by atoms with E-state index in [2.05, 4.69) is 18.6 Å². The van der Waals surface area contributed by atoms with Crippen molar-refractivity contribution < 1.29 is 23.9 Å². The summed E-state index contributed by atoms with van der Waals surface area (Å²) in [6.07, 6.45) is 1.70. The number of nitrogens with zero attached hydrogens (tertiary/aromatic N) is 1. The van der Waals surface area contributed by atoms with Crippen molar-refractivity contribution >= 4 is 35.0 Å². The minimum Gasteiger partial charge on any atom is -0.494 e. The second-order valence-electron chi connectivity index (χ2n) is 6.59. The van der Waals surface area contributed by atoms with Gasteiger partial charge in [0, 0.05) is 0 Å². The van der Waals surface area contributed by atoms with Gasteiger partial charge in [0.1, 0.15) is 11.8 Å². The van der Waals surface area contributed by atoms with Gasteiger partial charge in [-0.25, -0.2) is 4.79 Å². The lowest BCUT2D eigenvalue weighted by Crippen LogP contribution is -2.42. The van der Waals surface area contributed by atoms with Gasteiger partial charge in [-0.1, -0.05) is 13.8 Å². The molecule has 0 bridgehead atoms. The summed E-state index contributed by atoms with van der Waals surface area (Å²) in [5, 5.41) is -0.475. The van der Waals surface area contributed by atoms with Crippen molar-refractivity contribution in [1.29, 1.82) is 0 Å². The van der Waals surface area contributed by atoms with E-state index in [1.165, 1.54) is 14.0 Å². The van der Waals surface area contributed by atoms with Crippen LogP contribution in [-0.4, -0.2) is 41.8 Å². The topological polar surface area (TPSA) is 72.9 Å². The first-order valence-electron chi connectivity index (χ1n) is 8.83. The highest BCUT2D eigenvalue weighted by atomic mass is 32.2. The first-order chi connectivity index (χ1) is 12.7. The SMILES string of the molecule is CCOc1cc(C)c(/C=C2/SC(=O)N([C@@H](C)C(=O)OC)C2=O)cc1C(C)C. The van der Waals surface area contributed by atoms with Crippen molar-refractivity contribution in [3.8, 4) is 5.75 Å². The van der Waals surface area contributed by atoms with E-state index < -0.39 is 23.2 Å². The Balaban J connectivity index is 2.41. The summed E-state index contributed by atoms with van der Waals surface area (Å²) >= 11 is 0.830.